The van der Waals surface area contributed by atoms with Gasteiger partial charge in [0.05, 0.1) is 11.9 Å². The van der Waals surface area contributed by atoms with E-state index < -0.39 is 0 Å². The minimum Gasteiger partial charge on any atom is -0.381 e. The molecular formula is C16H25N3. The summed E-state index contributed by atoms with van der Waals surface area (Å²) in [7, 11) is 0. The summed E-state index contributed by atoms with van der Waals surface area (Å²) < 4.78 is 0. The highest BCUT2D eigenvalue weighted by Crippen LogP contribution is 2.23. The molecule has 0 aromatic carbocycles. The number of hydrogen-bond donors (Lipinski definition) is 1. The number of anilines is 2. The first-order chi connectivity index (χ1) is 9.42. The van der Waals surface area contributed by atoms with E-state index in [0.29, 0.717) is 6.04 Å². The van der Waals surface area contributed by atoms with E-state index >= 15 is 0 Å². The Kier molecular flexibility index (Phi) is 4.21. The summed E-state index contributed by atoms with van der Waals surface area (Å²) in [5.74, 6) is 1.14. The third-order valence-electron chi connectivity index (χ3n) is 4.40. The van der Waals surface area contributed by atoms with Crippen LogP contribution in [0.5, 0.6) is 0 Å². The van der Waals surface area contributed by atoms with Crippen LogP contribution in [0.4, 0.5) is 11.5 Å². The summed E-state index contributed by atoms with van der Waals surface area (Å²) in [6.07, 6.45) is 12.8. The highest BCUT2D eigenvalue weighted by molar-refractivity contribution is 5.49. The lowest BCUT2D eigenvalue weighted by Crippen LogP contribution is -2.20. The molecule has 19 heavy (non-hydrogen) atoms. The van der Waals surface area contributed by atoms with Crippen LogP contribution in [-0.4, -0.2) is 24.1 Å². The Morgan fingerprint density at radius 3 is 2.32 bits per heavy atom. The Bertz CT molecular complexity index is 373. The van der Waals surface area contributed by atoms with Gasteiger partial charge in [0.1, 0.15) is 5.82 Å². The van der Waals surface area contributed by atoms with Crippen molar-refractivity contribution >= 4 is 11.5 Å². The molecule has 3 heteroatoms. The van der Waals surface area contributed by atoms with Gasteiger partial charge >= 0.3 is 0 Å². The molecule has 0 radical (unpaired) electrons. The topological polar surface area (TPSA) is 28.2 Å². The van der Waals surface area contributed by atoms with Gasteiger partial charge in [0, 0.05) is 19.1 Å². The minimum atomic E-state index is 0.655. The van der Waals surface area contributed by atoms with E-state index in [0.717, 1.165) is 5.82 Å². The van der Waals surface area contributed by atoms with E-state index in [4.69, 9.17) is 0 Å². The van der Waals surface area contributed by atoms with Crippen LogP contribution in [0.15, 0.2) is 18.3 Å². The largest absolute Gasteiger partial charge is 0.381 e. The summed E-state index contributed by atoms with van der Waals surface area (Å²) in [6, 6.07) is 5.03. The molecule has 104 valence electrons. The van der Waals surface area contributed by atoms with Crippen LogP contribution in [0.3, 0.4) is 0 Å². The van der Waals surface area contributed by atoms with Crippen molar-refractivity contribution in [3.63, 3.8) is 0 Å². The second kappa shape index (κ2) is 6.27. The monoisotopic (exact) mass is 259 g/mol. The predicted octanol–water partition coefficient (Wildman–Crippen LogP) is 3.82. The lowest BCUT2D eigenvalue weighted by atomic mass is 10.1. The Morgan fingerprint density at radius 2 is 1.68 bits per heavy atom. The van der Waals surface area contributed by atoms with Crippen molar-refractivity contribution in [3.8, 4) is 0 Å². The average Bonchev–Trinajstić information content (AvgIpc) is 2.86. The van der Waals surface area contributed by atoms with Gasteiger partial charge in [0.2, 0.25) is 0 Å². The maximum atomic E-state index is 4.61. The number of hydrogen-bond acceptors (Lipinski definition) is 3. The van der Waals surface area contributed by atoms with E-state index in [1.165, 1.54) is 70.1 Å². The normalized spacial score (nSPS) is 21.4. The van der Waals surface area contributed by atoms with E-state index in [2.05, 4.69) is 27.3 Å². The molecule has 3 nitrogen and oxygen atoms in total. The number of pyridine rings is 1. The molecule has 0 spiro atoms. The van der Waals surface area contributed by atoms with Gasteiger partial charge < -0.3 is 10.2 Å². The van der Waals surface area contributed by atoms with Gasteiger partial charge in [-0.3, -0.25) is 0 Å². The summed E-state index contributed by atoms with van der Waals surface area (Å²) in [5, 5.41) is 3.66. The molecular weight excluding hydrogens is 234 g/mol. The molecule has 2 heterocycles. The van der Waals surface area contributed by atoms with Crippen molar-refractivity contribution in [2.45, 2.75) is 57.4 Å². The molecule has 1 aromatic heterocycles. The molecule has 0 amide bonds. The van der Waals surface area contributed by atoms with Gasteiger partial charge in [0.15, 0.2) is 0 Å². The average molecular weight is 259 g/mol. The molecule has 1 aliphatic heterocycles. The number of nitrogens with zero attached hydrogens (tertiary/aromatic N) is 2. The summed E-state index contributed by atoms with van der Waals surface area (Å²) in [6.45, 7) is 2.34. The van der Waals surface area contributed by atoms with Crippen LogP contribution in [0, 0.1) is 0 Å². The van der Waals surface area contributed by atoms with Gasteiger partial charge in [-0.2, -0.15) is 0 Å². The van der Waals surface area contributed by atoms with Gasteiger partial charge in [0.25, 0.3) is 0 Å². The second-order valence-corrected chi connectivity index (χ2v) is 5.93. The molecule has 1 saturated heterocycles. The van der Waals surface area contributed by atoms with Crippen LogP contribution >= 0.6 is 0 Å². The smallest absolute Gasteiger partial charge is 0.128 e. The molecule has 2 fully saturated rings. The fraction of sp³-hybridized carbons (Fsp3) is 0.688. The van der Waals surface area contributed by atoms with Gasteiger partial charge in [-0.05, 0) is 37.8 Å². The first-order valence-electron chi connectivity index (χ1n) is 7.89. The highest BCUT2D eigenvalue weighted by atomic mass is 15.2. The van der Waals surface area contributed by atoms with Crippen LogP contribution < -0.4 is 10.2 Å². The molecule has 0 bridgehead atoms. The first-order valence-corrected chi connectivity index (χ1v) is 7.89. The van der Waals surface area contributed by atoms with Crippen LogP contribution in [-0.2, 0) is 0 Å². The van der Waals surface area contributed by atoms with Crippen LogP contribution in [0.1, 0.15) is 51.4 Å². The van der Waals surface area contributed by atoms with E-state index in [1.54, 1.807) is 0 Å². The number of nitrogens with one attached hydrogen (secondary N) is 1. The molecule has 1 aliphatic carbocycles. The Balaban J connectivity index is 1.58. The maximum Gasteiger partial charge on any atom is 0.128 e. The molecule has 2 aliphatic rings. The molecule has 1 saturated carbocycles. The molecule has 1 N–H and O–H groups in total. The third-order valence-corrected chi connectivity index (χ3v) is 4.40. The Labute approximate surface area is 116 Å². The minimum absolute atomic E-state index is 0.655. The molecule has 0 unspecified atom stereocenters. The van der Waals surface area contributed by atoms with Crippen molar-refractivity contribution in [2.24, 2.45) is 0 Å². The quantitative estimate of drug-likeness (QED) is 0.836. The van der Waals surface area contributed by atoms with Gasteiger partial charge in [-0.1, -0.05) is 25.7 Å². The van der Waals surface area contributed by atoms with E-state index in [1.807, 2.05) is 6.20 Å². The van der Waals surface area contributed by atoms with Crippen molar-refractivity contribution in [2.75, 3.05) is 23.3 Å². The maximum absolute atomic E-state index is 4.61. The Morgan fingerprint density at radius 1 is 0.947 bits per heavy atom. The zero-order chi connectivity index (χ0) is 12.9. The van der Waals surface area contributed by atoms with E-state index in [9.17, 15) is 0 Å². The summed E-state index contributed by atoms with van der Waals surface area (Å²) >= 11 is 0. The molecule has 1 aromatic rings. The second-order valence-electron chi connectivity index (χ2n) is 5.93. The number of rotatable bonds is 3. The van der Waals surface area contributed by atoms with Crippen molar-refractivity contribution in [1.29, 1.82) is 0 Å². The lowest BCUT2D eigenvalue weighted by Gasteiger charge is -2.19. The first kappa shape index (κ1) is 12.8. The zero-order valence-corrected chi connectivity index (χ0v) is 11.8. The lowest BCUT2D eigenvalue weighted by molar-refractivity contribution is 0.620. The highest BCUT2D eigenvalue weighted by Gasteiger charge is 2.14. The zero-order valence-electron chi connectivity index (χ0n) is 11.8. The summed E-state index contributed by atoms with van der Waals surface area (Å²) in [4.78, 5) is 7.00. The van der Waals surface area contributed by atoms with Crippen LogP contribution in [0.25, 0.3) is 0 Å². The van der Waals surface area contributed by atoms with Gasteiger partial charge in [-0.15, -0.1) is 0 Å². The van der Waals surface area contributed by atoms with Crippen molar-refractivity contribution in [3.05, 3.63) is 18.3 Å². The fourth-order valence-electron chi connectivity index (χ4n) is 3.26. The predicted molar refractivity (Wildman–Crippen MR) is 80.8 cm³/mol. The fourth-order valence-corrected chi connectivity index (χ4v) is 3.26. The number of aromatic nitrogens is 1. The van der Waals surface area contributed by atoms with Crippen molar-refractivity contribution in [1.82, 2.24) is 4.98 Å². The van der Waals surface area contributed by atoms with Crippen molar-refractivity contribution < 1.29 is 0 Å². The molecule has 3 rings (SSSR count). The van der Waals surface area contributed by atoms with E-state index in [-0.39, 0.29) is 0 Å². The standard InChI is InChI=1S/C16H25N3/c1-2-4-8-14(7-3-1)18-15-9-10-16(17-13-15)19-11-5-6-12-19/h9-10,13-14,18H,1-8,11-12H2. The third kappa shape index (κ3) is 3.40. The van der Waals surface area contributed by atoms with Crippen LogP contribution in [0.2, 0.25) is 0 Å². The molecule has 0 atom stereocenters. The van der Waals surface area contributed by atoms with Gasteiger partial charge in [-0.25, -0.2) is 4.98 Å². The Hall–Kier alpha value is -1.25. The summed E-state index contributed by atoms with van der Waals surface area (Å²) in [5.41, 5.74) is 1.19. The SMILES string of the molecule is c1cc(N2CCCC2)ncc1NC1CCCCCC1.